The highest BCUT2D eigenvalue weighted by Gasteiger charge is 2.49. The molecular formula is C19H17BrO3. The van der Waals surface area contributed by atoms with Gasteiger partial charge in [-0.2, -0.15) is 0 Å². The molecule has 0 unspecified atom stereocenters. The van der Waals surface area contributed by atoms with E-state index in [0.29, 0.717) is 0 Å². The van der Waals surface area contributed by atoms with Gasteiger partial charge in [-0.1, -0.05) is 15.9 Å². The molecule has 4 heteroatoms. The summed E-state index contributed by atoms with van der Waals surface area (Å²) >= 11 is 3.50. The third-order valence-corrected chi connectivity index (χ3v) is 5.58. The lowest BCUT2D eigenvalue weighted by Gasteiger charge is -2.20. The Morgan fingerprint density at radius 1 is 0.913 bits per heavy atom. The van der Waals surface area contributed by atoms with E-state index in [0.717, 1.165) is 46.4 Å². The Hall–Kier alpha value is -1.81. The molecule has 2 aliphatic carbocycles. The SMILES string of the molecule is COc1cc2c(cc1OC)CC1(C2)Cc2cc(Br)ccc2C1=O. The largest absolute Gasteiger partial charge is 0.493 e. The second-order valence-electron chi connectivity index (χ2n) is 6.42. The number of fused-ring (bicyclic) bond motifs is 2. The number of hydrogen-bond acceptors (Lipinski definition) is 3. The van der Waals surface area contributed by atoms with Crippen LogP contribution < -0.4 is 9.47 Å². The van der Waals surface area contributed by atoms with Gasteiger partial charge in [-0.05, 0) is 66.3 Å². The normalized spacial score (nSPS) is 17.3. The molecule has 0 atom stereocenters. The molecular weight excluding hydrogens is 356 g/mol. The number of halogens is 1. The molecule has 0 amide bonds. The summed E-state index contributed by atoms with van der Waals surface area (Å²) in [5.41, 5.74) is 4.09. The first-order valence-corrected chi connectivity index (χ1v) is 8.42. The molecule has 0 bridgehead atoms. The molecule has 2 aromatic rings. The summed E-state index contributed by atoms with van der Waals surface area (Å²) in [6.45, 7) is 0. The maximum absolute atomic E-state index is 13.0. The highest BCUT2D eigenvalue weighted by Crippen LogP contribution is 2.49. The Kier molecular flexibility index (Phi) is 3.27. The first-order chi connectivity index (χ1) is 11.1. The van der Waals surface area contributed by atoms with Crippen molar-refractivity contribution in [3.8, 4) is 11.5 Å². The Morgan fingerprint density at radius 2 is 1.48 bits per heavy atom. The van der Waals surface area contributed by atoms with Crippen molar-refractivity contribution in [3.05, 3.63) is 57.1 Å². The second-order valence-corrected chi connectivity index (χ2v) is 7.33. The lowest BCUT2D eigenvalue weighted by molar-refractivity contribution is 0.0831. The molecule has 1 spiro atoms. The Morgan fingerprint density at radius 3 is 2.04 bits per heavy atom. The Balaban J connectivity index is 1.75. The van der Waals surface area contributed by atoms with Gasteiger partial charge in [0, 0.05) is 15.5 Å². The van der Waals surface area contributed by atoms with E-state index in [1.807, 2.05) is 24.3 Å². The molecule has 0 saturated heterocycles. The standard InChI is InChI=1S/C19H17BrO3/c1-22-16-6-11-8-19(9-12(11)7-17(16)23-2)10-13-5-14(20)3-4-15(13)18(19)21/h3-7H,8-10H2,1-2H3. The number of methoxy groups -OCH3 is 2. The summed E-state index contributed by atoms with van der Waals surface area (Å²) in [6, 6.07) is 10.0. The molecule has 0 radical (unpaired) electrons. The zero-order valence-corrected chi connectivity index (χ0v) is 14.7. The van der Waals surface area contributed by atoms with Crippen LogP contribution in [0.15, 0.2) is 34.8 Å². The predicted octanol–water partition coefficient (Wildman–Crippen LogP) is 3.99. The maximum Gasteiger partial charge on any atom is 0.170 e. The summed E-state index contributed by atoms with van der Waals surface area (Å²) in [5, 5.41) is 0. The molecule has 0 fully saturated rings. The summed E-state index contributed by atoms with van der Waals surface area (Å²) in [7, 11) is 3.28. The highest BCUT2D eigenvalue weighted by molar-refractivity contribution is 9.10. The number of ketones is 1. The molecule has 0 heterocycles. The van der Waals surface area contributed by atoms with Crippen LogP contribution in [0.2, 0.25) is 0 Å². The van der Waals surface area contributed by atoms with Gasteiger partial charge in [0.05, 0.1) is 14.2 Å². The average molecular weight is 373 g/mol. The van der Waals surface area contributed by atoms with Crippen LogP contribution in [0, 0.1) is 5.41 Å². The fourth-order valence-electron chi connectivity index (χ4n) is 4.03. The van der Waals surface area contributed by atoms with Crippen LogP contribution in [-0.2, 0) is 19.3 Å². The summed E-state index contributed by atoms with van der Waals surface area (Å²) in [6.07, 6.45) is 2.35. The van der Waals surface area contributed by atoms with Gasteiger partial charge in [-0.25, -0.2) is 0 Å². The first-order valence-electron chi connectivity index (χ1n) is 7.63. The van der Waals surface area contributed by atoms with Crippen molar-refractivity contribution in [2.24, 2.45) is 5.41 Å². The van der Waals surface area contributed by atoms with E-state index >= 15 is 0 Å². The van der Waals surface area contributed by atoms with Gasteiger partial charge in [0.2, 0.25) is 0 Å². The first kappa shape index (κ1) is 14.8. The minimum atomic E-state index is -0.331. The minimum absolute atomic E-state index is 0.272. The minimum Gasteiger partial charge on any atom is -0.493 e. The average Bonchev–Trinajstić information content (AvgIpc) is 3.02. The topological polar surface area (TPSA) is 35.5 Å². The lowest BCUT2D eigenvalue weighted by Crippen LogP contribution is -2.28. The molecule has 4 rings (SSSR count). The second kappa shape index (κ2) is 5.10. The molecule has 3 nitrogen and oxygen atoms in total. The molecule has 0 N–H and O–H groups in total. The fourth-order valence-corrected chi connectivity index (χ4v) is 4.44. The Bertz CT molecular complexity index is 793. The maximum atomic E-state index is 13.0. The number of rotatable bonds is 2. The van der Waals surface area contributed by atoms with Crippen molar-refractivity contribution in [3.63, 3.8) is 0 Å². The van der Waals surface area contributed by atoms with Crippen molar-refractivity contribution in [2.45, 2.75) is 19.3 Å². The van der Waals surface area contributed by atoms with E-state index in [2.05, 4.69) is 22.0 Å². The van der Waals surface area contributed by atoms with Gasteiger partial charge in [-0.15, -0.1) is 0 Å². The number of ether oxygens (including phenoxy) is 2. The van der Waals surface area contributed by atoms with Crippen LogP contribution in [-0.4, -0.2) is 20.0 Å². The van der Waals surface area contributed by atoms with Crippen LogP contribution in [0.4, 0.5) is 0 Å². The van der Waals surface area contributed by atoms with E-state index in [4.69, 9.17) is 9.47 Å². The van der Waals surface area contributed by atoms with Gasteiger partial charge in [-0.3, -0.25) is 4.79 Å². The summed E-state index contributed by atoms with van der Waals surface area (Å²) < 4.78 is 11.8. The van der Waals surface area contributed by atoms with Gasteiger partial charge in [0.25, 0.3) is 0 Å². The summed E-state index contributed by atoms with van der Waals surface area (Å²) in [5.74, 6) is 1.73. The van der Waals surface area contributed by atoms with Crippen LogP contribution in [0.5, 0.6) is 11.5 Å². The van der Waals surface area contributed by atoms with E-state index in [1.54, 1.807) is 14.2 Å². The molecule has 0 aliphatic heterocycles. The summed E-state index contributed by atoms with van der Waals surface area (Å²) in [4.78, 5) is 13.0. The monoisotopic (exact) mass is 372 g/mol. The van der Waals surface area contributed by atoms with E-state index in [-0.39, 0.29) is 11.2 Å². The molecule has 2 aliphatic rings. The number of hydrogen-bond donors (Lipinski definition) is 0. The van der Waals surface area contributed by atoms with Crippen molar-refractivity contribution in [1.82, 2.24) is 0 Å². The fraction of sp³-hybridized carbons (Fsp3) is 0.316. The predicted molar refractivity (Wildman–Crippen MR) is 91.6 cm³/mol. The van der Waals surface area contributed by atoms with Crippen LogP contribution in [0.25, 0.3) is 0 Å². The van der Waals surface area contributed by atoms with Crippen molar-refractivity contribution < 1.29 is 14.3 Å². The molecule has 23 heavy (non-hydrogen) atoms. The number of carbonyl (C=O) groups is 1. The zero-order chi connectivity index (χ0) is 16.2. The third kappa shape index (κ3) is 2.12. The number of carbonyl (C=O) groups excluding carboxylic acids is 1. The zero-order valence-electron chi connectivity index (χ0n) is 13.1. The molecule has 2 aromatic carbocycles. The lowest BCUT2D eigenvalue weighted by atomic mass is 9.81. The number of Topliss-reactive ketones (excluding diaryl/α,β-unsaturated/α-hetero) is 1. The van der Waals surface area contributed by atoms with Crippen LogP contribution >= 0.6 is 15.9 Å². The smallest absolute Gasteiger partial charge is 0.170 e. The van der Waals surface area contributed by atoms with Crippen LogP contribution in [0.3, 0.4) is 0 Å². The van der Waals surface area contributed by atoms with Gasteiger partial charge >= 0.3 is 0 Å². The van der Waals surface area contributed by atoms with E-state index in [1.165, 1.54) is 11.1 Å². The third-order valence-electron chi connectivity index (χ3n) is 5.09. The quantitative estimate of drug-likeness (QED) is 0.799. The van der Waals surface area contributed by atoms with Crippen molar-refractivity contribution >= 4 is 21.7 Å². The van der Waals surface area contributed by atoms with Gasteiger partial charge < -0.3 is 9.47 Å². The molecule has 0 saturated carbocycles. The van der Waals surface area contributed by atoms with Crippen LogP contribution in [0.1, 0.15) is 27.0 Å². The van der Waals surface area contributed by atoms with Gasteiger partial charge in [0.15, 0.2) is 17.3 Å². The molecule has 118 valence electrons. The highest BCUT2D eigenvalue weighted by atomic mass is 79.9. The van der Waals surface area contributed by atoms with E-state index in [9.17, 15) is 4.79 Å². The van der Waals surface area contributed by atoms with Gasteiger partial charge in [0.1, 0.15) is 0 Å². The van der Waals surface area contributed by atoms with Crippen molar-refractivity contribution in [1.29, 1.82) is 0 Å². The Labute approximate surface area is 143 Å². The molecule has 0 aromatic heterocycles. The van der Waals surface area contributed by atoms with Crippen molar-refractivity contribution in [2.75, 3.05) is 14.2 Å². The van der Waals surface area contributed by atoms with E-state index < -0.39 is 0 Å². The number of benzene rings is 2.